The Morgan fingerprint density at radius 2 is 1.58 bits per heavy atom. The minimum absolute atomic E-state index is 0.230. The Labute approximate surface area is 180 Å². The lowest BCUT2D eigenvalue weighted by atomic mass is 9.99. The molecule has 5 rings (SSSR count). The van der Waals surface area contributed by atoms with Crippen molar-refractivity contribution in [2.75, 3.05) is 0 Å². The van der Waals surface area contributed by atoms with Gasteiger partial charge in [0.2, 0.25) is 11.4 Å². The Hall–Kier alpha value is -3.53. The SMILES string of the molecule is Cc1ccc2c(oc3nc(C(C)C)ccc32)c1-c1ccc(-c2ccc(F)cc2)c[n+]1C. The van der Waals surface area contributed by atoms with Crippen molar-refractivity contribution in [1.29, 1.82) is 0 Å². The van der Waals surface area contributed by atoms with E-state index in [9.17, 15) is 4.39 Å². The van der Waals surface area contributed by atoms with Gasteiger partial charge in [-0.1, -0.05) is 38.1 Å². The second-order valence-corrected chi connectivity index (χ2v) is 8.40. The molecule has 154 valence electrons. The van der Waals surface area contributed by atoms with E-state index in [0.29, 0.717) is 11.6 Å². The van der Waals surface area contributed by atoms with Crippen molar-refractivity contribution in [1.82, 2.24) is 4.98 Å². The molecular weight excluding hydrogens is 387 g/mol. The lowest BCUT2D eigenvalue weighted by Gasteiger charge is -2.07. The van der Waals surface area contributed by atoms with Crippen LogP contribution in [0.5, 0.6) is 0 Å². The molecule has 0 saturated heterocycles. The van der Waals surface area contributed by atoms with Crippen molar-refractivity contribution < 1.29 is 13.4 Å². The zero-order valence-corrected chi connectivity index (χ0v) is 18.1. The molecule has 0 aliphatic heterocycles. The number of aryl methyl sites for hydroxylation is 2. The molecule has 0 aliphatic carbocycles. The molecule has 3 aromatic heterocycles. The third-order valence-electron chi connectivity index (χ3n) is 5.90. The van der Waals surface area contributed by atoms with E-state index >= 15 is 0 Å². The van der Waals surface area contributed by atoms with Crippen LogP contribution in [0.1, 0.15) is 31.0 Å². The molecule has 0 atom stereocenters. The first-order valence-electron chi connectivity index (χ1n) is 10.5. The lowest BCUT2D eigenvalue weighted by molar-refractivity contribution is -0.659. The van der Waals surface area contributed by atoms with Gasteiger partial charge in [-0.05, 0) is 54.3 Å². The fourth-order valence-corrected chi connectivity index (χ4v) is 4.15. The van der Waals surface area contributed by atoms with Gasteiger partial charge in [-0.2, -0.15) is 0 Å². The van der Waals surface area contributed by atoms with E-state index in [1.165, 1.54) is 12.1 Å². The van der Waals surface area contributed by atoms with Gasteiger partial charge in [-0.15, -0.1) is 0 Å². The highest BCUT2D eigenvalue weighted by Crippen LogP contribution is 2.37. The molecule has 0 aliphatic rings. The highest BCUT2D eigenvalue weighted by atomic mass is 19.1. The molecule has 0 spiro atoms. The number of pyridine rings is 2. The standard InChI is InChI=1S/C27H24FN2O/c1-16(2)23-13-12-22-21-11-5-17(3)25(26(21)31-27(22)29-23)24-14-8-19(15-30(24)4)18-6-9-20(28)10-7-18/h5-16H,1-4H3/q+1. The van der Waals surface area contributed by atoms with Crippen molar-refractivity contribution in [3.05, 3.63) is 83.9 Å². The van der Waals surface area contributed by atoms with Crippen molar-refractivity contribution in [2.45, 2.75) is 26.7 Å². The van der Waals surface area contributed by atoms with Gasteiger partial charge in [-0.25, -0.2) is 13.9 Å². The van der Waals surface area contributed by atoms with E-state index in [-0.39, 0.29) is 5.82 Å². The highest BCUT2D eigenvalue weighted by molar-refractivity contribution is 6.08. The smallest absolute Gasteiger partial charge is 0.227 e. The molecule has 0 unspecified atom stereocenters. The first kappa shape index (κ1) is 19.4. The Kier molecular flexibility index (Phi) is 4.58. The summed E-state index contributed by atoms with van der Waals surface area (Å²) in [5.41, 5.74) is 7.83. The first-order valence-corrected chi connectivity index (χ1v) is 10.5. The molecule has 4 heteroatoms. The molecule has 3 heterocycles. The molecule has 5 aromatic rings. The fourth-order valence-electron chi connectivity index (χ4n) is 4.15. The molecule has 0 N–H and O–H groups in total. The van der Waals surface area contributed by atoms with Crippen LogP contribution >= 0.6 is 0 Å². The topological polar surface area (TPSA) is 29.9 Å². The van der Waals surface area contributed by atoms with Gasteiger partial charge >= 0.3 is 0 Å². The summed E-state index contributed by atoms with van der Waals surface area (Å²) in [5, 5.41) is 2.10. The van der Waals surface area contributed by atoms with E-state index < -0.39 is 0 Å². The predicted octanol–water partition coefficient (Wildman–Crippen LogP) is 6.71. The van der Waals surface area contributed by atoms with Crippen molar-refractivity contribution in [2.24, 2.45) is 7.05 Å². The number of halogens is 1. The van der Waals surface area contributed by atoms with Crippen molar-refractivity contribution in [3.8, 4) is 22.4 Å². The minimum Gasteiger partial charge on any atom is -0.437 e. The molecule has 3 nitrogen and oxygen atoms in total. The van der Waals surface area contributed by atoms with Crippen LogP contribution in [-0.4, -0.2) is 4.98 Å². The zero-order chi connectivity index (χ0) is 21.7. The minimum atomic E-state index is -0.230. The van der Waals surface area contributed by atoms with Gasteiger partial charge in [0.1, 0.15) is 12.9 Å². The van der Waals surface area contributed by atoms with Crippen LogP contribution in [0.15, 0.2) is 71.3 Å². The van der Waals surface area contributed by atoms with E-state index in [4.69, 9.17) is 9.40 Å². The Morgan fingerprint density at radius 3 is 2.29 bits per heavy atom. The maximum absolute atomic E-state index is 13.3. The van der Waals surface area contributed by atoms with Crippen LogP contribution in [-0.2, 0) is 7.05 Å². The van der Waals surface area contributed by atoms with Crippen molar-refractivity contribution in [3.63, 3.8) is 0 Å². The summed E-state index contributed by atoms with van der Waals surface area (Å²) in [5.74, 6) is 0.113. The average molecular weight is 412 g/mol. The number of benzene rings is 2. The highest BCUT2D eigenvalue weighted by Gasteiger charge is 2.21. The largest absolute Gasteiger partial charge is 0.437 e. The maximum atomic E-state index is 13.3. The van der Waals surface area contributed by atoms with Crippen LogP contribution < -0.4 is 4.57 Å². The molecule has 0 fully saturated rings. The number of furan rings is 1. The van der Waals surface area contributed by atoms with Crippen LogP contribution in [0, 0.1) is 12.7 Å². The van der Waals surface area contributed by atoms with Gasteiger partial charge in [0, 0.05) is 28.1 Å². The summed E-state index contributed by atoms with van der Waals surface area (Å²) < 4.78 is 21.7. The average Bonchev–Trinajstić information content (AvgIpc) is 3.12. The number of fused-ring (bicyclic) bond motifs is 3. The summed E-state index contributed by atoms with van der Waals surface area (Å²) in [6.45, 7) is 6.37. The molecule has 0 bridgehead atoms. The van der Waals surface area contributed by atoms with Gasteiger partial charge < -0.3 is 4.42 Å². The summed E-state index contributed by atoms with van der Waals surface area (Å²) >= 11 is 0. The van der Waals surface area contributed by atoms with E-state index in [0.717, 1.165) is 50.0 Å². The van der Waals surface area contributed by atoms with Gasteiger partial charge in [0.25, 0.3) is 0 Å². The Bertz CT molecular complexity index is 1430. The van der Waals surface area contributed by atoms with Crippen LogP contribution in [0.2, 0.25) is 0 Å². The number of rotatable bonds is 3. The quantitative estimate of drug-likeness (QED) is 0.309. The van der Waals surface area contributed by atoms with Gasteiger partial charge in [0.05, 0.1) is 5.56 Å². The summed E-state index contributed by atoms with van der Waals surface area (Å²) in [4.78, 5) is 4.76. The van der Waals surface area contributed by atoms with Gasteiger partial charge in [0.15, 0.2) is 11.8 Å². The second kappa shape index (κ2) is 7.31. The fraction of sp³-hybridized carbons (Fsp3) is 0.185. The maximum Gasteiger partial charge on any atom is 0.227 e. The van der Waals surface area contributed by atoms with E-state index in [2.05, 4.69) is 67.9 Å². The molecular formula is C27H24FN2O+. The monoisotopic (exact) mass is 411 g/mol. The van der Waals surface area contributed by atoms with Crippen LogP contribution in [0.25, 0.3) is 44.5 Å². The lowest BCUT2D eigenvalue weighted by Crippen LogP contribution is -2.31. The Balaban J connectivity index is 1.69. The number of hydrogen-bond acceptors (Lipinski definition) is 2. The molecule has 0 amide bonds. The Morgan fingerprint density at radius 1 is 0.871 bits per heavy atom. The summed E-state index contributed by atoms with van der Waals surface area (Å²) in [6.07, 6.45) is 2.07. The number of hydrogen-bond donors (Lipinski definition) is 0. The van der Waals surface area contributed by atoms with Crippen molar-refractivity contribution >= 4 is 22.1 Å². The number of nitrogens with zero attached hydrogens (tertiary/aromatic N) is 2. The normalized spacial score (nSPS) is 11.7. The second-order valence-electron chi connectivity index (χ2n) is 8.40. The molecule has 2 aromatic carbocycles. The molecule has 0 radical (unpaired) electrons. The molecule has 31 heavy (non-hydrogen) atoms. The third kappa shape index (κ3) is 3.28. The predicted molar refractivity (Wildman–Crippen MR) is 122 cm³/mol. The first-order chi connectivity index (χ1) is 14.9. The molecule has 0 saturated carbocycles. The van der Waals surface area contributed by atoms with Crippen LogP contribution in [0.4, 0.5) is 4.39 Å². The summed E-state index contributed by atoms with van der Waals surface area (Å²) in [6, 6.07) is 19.2. The summed E-state index contributed by atoms with van der Waals surface area (Å²) in [7, 11) is 2.03. The zero-order valence-electron chi connectivity index (χ0n) is 18.1. The third-order valence-corrected chi connectivity index (χ3v) is 5.90. The van der Waals surface area contributed by atoms with Gasteiger partial charge in [-0.3, -0.25) is 0 Å². The van der Waals surface area contributed by atoms with Crippen LogP contribution in [0.3, 0.4) is 0 Å². The van der Waals surface area contributed by atoms with E-state index in [1.54, 1.807) is 12.1 Å². The van der Waals surface area contributed by atoms with E-state index in [1.807, 2.05) is 7.05 Å². The number of aromatic nitrogens is 2.